The summed E-state index contributed by atoms with van der Waals surface area (Å²) in [7, 11) is 1.81. The van der Waals surface area contributed by atoms with Crippen molar-refractivity contribution < 1.29 is 9.90 Å². The highest BCUT2D eigenvalue weighted by Crippen LogP contribution is 2.26. The number of aromatic hydroxyl groups is 1. The molecule has 98 valence electrons. The van der Waals surface area contributed by atoms with Crippen LogP contribution in [0.2, 0.25) is 5.02 Å². The average Bonchev–Trinajstić information content (AvgIpc) is 2.38. The van der Waals surface area contributed by atoms with Gasteiger partial charge in [0.1, 0.15) is 5.75 Å². The third-order valence-corrected chi connectivity index (χ3v) is 3.87. The number of carbonyl (C=O) groups excluding carboxylic acids is 1. The van der Waals surface area contributed by atoms with E-state index in [1.807, 2.05) is 7.05 Å². The zero-order chi connectivity index (χ0) is 13.1. The number of hydrogen-bond acceptors (Lipinski definition) is 2. The van der Waals surface area contributed by atoms with Gasteiger partial charge in [0, 0.05) is 18.1 Å². The summed E-state index contributed by atoms with van der Waals surface area (Å²) in [6.45, 7) is 0. The second kappa shape index (κ2) is 5.61. The SMILES string of the molecule is CN(C(=O)c1ccc(Cl)cc1O)C1CCCCC1. The molecule has 0 bridgehead atoms. The van der Waals surface area contributed by atoms with Crippen LogP contribution in [-0.2, 0) is 0 Å². The Morgan fingerprint density at radius 3 is 2.61 bits per heavy atom. The number of benzene rings is 1. The van der Waals surface area contributed by atoms with Gasteiger partial charge in [-0.25, -0.2) is 0 Å². The van der Waals surface area contributed by atoms with E-state index in [0.29, 0.717) is 16.6 Å². The molecular formula is C14H18ClNO2. The molecule has 18 heavy (non-hydrogen) atoms. The summed E-state index contributed by atoms with van der Waals surface area (Å²) < 4.78 is 0. The van der Waals surface area contributed by atoms with Gasteiger partial charge in [-0.3, -0.25) is 4.79 Å². The van der Waals surface area contributed by atoms with Crippen LogP contribution in [0.3, 0.4) is 0 Å². The highest BCUT2D eigenvalue weighted by Gasteiger charge is 2.24. The molecule has 2 rings (SSSR count). The summed E-state index contributed by atoms with van der Waals surface area (Å²) in [5, 5.41) is 10.2. The number of phenolic OH excluding ortho intramolecular Hbond substituents is 1. The van der Waals surface area contributed by atoms with Crippen LogP contribution in [-0.4, -0.2) is 29.0 Å². The molecule has 1 aromatic carbocycles. The summed E-state index contributed by atoms with van der Waals surface area (Å²) in [6, 6.07) is 4.91. The maximum atomic E-state index is 12.3. The van der Waals surface area contributed by atoms with Crippen LogP contribution in [0.1, 0.15) is 42.5 Å². The van der Waals surface area contributed by atoms with E-state index in [2.05, 4.69) is 0 Å². The van der Waals surface area contributed by atoms with Crippen molar-refractivity contribution in [2.24, 2.45) is 0 Å². The van der Waals surface area contributed by atoms with Crippen molar-refractivity contribution in [2.45, 2.75) is 38.1 Å². The Bertz CT molecular complexity index is 441. The van der Waals surface area contributed by atoms with Crippen molar-refractivity contribution in [1.29, 1.82) is 0 Å². The molecule has 1 saturated carbocycles. The van der Waals surface area contributed by atoms with Crippen LogP contribution in [0.5, 0.6) is 5.75 Å². The predicted molar refractivity (Wildman–Crippen MR) is 72.1 cm³/mol. The highest BCUT2D eigenvalue weighted by atomic mass is 35.5. The Labute approximate surface area is 112 Å². The lowest BCUT2D eigenvalue weighted by molar-refractivity contribution is 0.0693. The molecule has 0 saturated heterocycles. The zero-order valence-electron chi connectivity index (χ0n) is 10.5. The third kappa shape index (κ3) is 2.78. The maximum absolute atomic E-state index is 12.3. The Hall–Kier alpha value is -1.22. The van der Waals surface area contributed by atoms with Crippen molar-refractivity contribution in [3.05, 3.63) is 28.8 Å². The second-order valence-corrected chi connectivity index (χ2v) is 5.31. The molecule has 1 aliphatic carbocycles. The van der Waals surface area contributed by atoms with Gasteiger partial charge in [-0.15, -0.1) is 0 Å². The minimum atomic E-state index is -0.129. The lowest BCUT2D eigenvalue weighted by Gasteiger charge is -2.31. The second-order valence-electron chi connectivity index (χ2n) is 4.87. The Balaban J connectivity index is 2.14. The molecule has 1 aliphatic rings. The van der Waals surface area contributed by atoms with E-state index in [1.54, 1.807) is 17.0 Å². The van der Waals surface area contributed by atoms with Gasteiger partial charge in [0.15, 0.2) is 0 Å². The standard InChI is InChI=1S/C14H18ClNO2/c1-16(11-5-3-2-4-6-11)14(18)12-8-7-10(15)9-13(12)17/h7-9,11,17H,2-6H2,1H3. The molecule has 1 aromatic rings. The van der Waals surface area contributed by atoms with Crippen LogP contribution in [0.4, 0.5) is 0 Å². The quantitative estimate of drug-likeness (QED) is 0.892. The van der Waals surface area contributed by atoms with E-state index >= 15 is 0 Å². The molecule has 0 spiro atoms. The van der Waals surface area contributed by atoms with Gasteiger partial charge in [0.05, 0.1) is 5.56 Å². The van der Waals surface area contributed by atoms with Crippen LogP contribution in [0, 0.1) is 0 Å². The predicted octanol–water partition coefficient (Wildman–Crippen LogP) is 3.45. The van der Waals surface area contributed by atoms with Gasteiger partial charge < -0.3 is 10.0 Å². The number of hydrogen-bond donors (Lipinski definition) is 1. The van der Waals surface area contributed by atoms with E-state index < -0.39 is 0 Å². The first-order chi connectivity index (χ1) is 8.59. The lowest BCUT2D eigenvalue weighted by Crippen LogP contribution is -2.38. The normalized spacial score (nSPS) is 16.6. The summed E-state index contributed by atoms with van der Waals surface area (Å²) in [5.41, 5.74) is 0.326. The molecule has 0 radical (unpaired) electrons. The number of nitrogens with zero attached hydrogens (tertiary/aromatic N) is 1. The molecule has 1 N–H and O–H groups in total. The lowest BCUT2D eigenvalue weighted by atomic mass is 9.94. The first-order valence-electron chi connectivity index (χ1n) is 6.35. The first-order valence-corrected chi connectivity index (χ1v) is 6.73. The van der Waals surface area contributed by atoms with E-state index in [4.69, 9.17) is 11.6 Å². The molecular weight excluding hydrogens is 250 g/mol. The number of carbonyl (C=O) groups is 1. The molecule has 1 fully saturated rings. The fourth-order valence-corrected chi connectivity index (χ4v) is 2.68. The number of amides is 1. The molecule has 0 unspecified atom stereocenters. The summed E-state index contributed by atoms with van der Waals surface area (Å²) in [4.78, 5) is 14.1. The largest absolute Gasteiger partial charge is 0.507 e. The molecule has 0 heterocycles. The van der Waals surface area contributed by atoms with Crippen LogP contribution < -0.4 is 0 Å². The van der Waals surface area contributed by atoms with Crippen LogP contribution in [0.25, 0.3) is 0 Å². The van der Waals surface area contributed by atoms with Crippen molar-refractivity contribution in [3.63, 3.8) is 0 Å². The minimum absolute atomic E-state index is 0.0461. The van der Waals surface area contributed by atoms with Gasteiger partial charge in [-0.2, -0.15) is 0 Å². The Kier molecular flexibility index (Phi) is 4.12. The summed E-state index contributed by atoms with van der Waals surface area (Å²) >= 11 is 5.76. The van der Waals surface area contributed by atoms with Crippen molar-refractivity contribution >= 4 is 17.5 Å². The Morgan fingerprint density at radius 1 is 1.33 bits per heavy atom. The average molecular weight is 268 g/mol. The van der Waals surface area contributed by atoms with Gasteiger partial charge in [-0.1, -0.05) is 30.9 Å². The van der Waals surface area contributed by atoms with Gasteiger partial charge in [0.25, 0.3) is 5.91 Å². The molecule has 0 atom stereocenters. The fraction of sp³-hybridized carbons (Fsp3) is 0.500. The zero-order valence-corrected chi connectivity index (χ0v) is 11.3. The van der Waals surface area contributed by atoms with E-state index in [-0.39, 0.29) is 11.7 Å². The minimum Gasteiger partial charge on any atom is -0.507 e. The summed E-state index contributed by atoms with van der Waals surface area (Å²) in [6.07, 6.45) is 5.71. The van der Waals surface area contributed by atoms with Gasteiger partial charge in [0.2, 0.25) is 0 Å². The molecule has 1 amide bonds. The molecule has 0 aromatic heterocycles. The third-order valence-electron chi connectivity index (χ3n) is 3.63. The topological polar surface area (TPSA) is 40.5 Å². The molecule has 0 aliphatic heterocycles. The smallest absolute Gasteiger partial charge is 0.257 e. The highest BCUT2D eigenvalue weighted by molar-refractivity contribution is 6.30. The summed E-state index contributed by atoms with van der Waals surface area (Å²) in [5.74, 6) is -0.175. The monoisotopic (exact) mass is 267 g/mol. The number of phenols is 1. The van der Waals surface area contributed by atoms with E-state index in [0.717, 1.165) is 12.8 Å². The number of halogens is 1. The number of rotatable bonds is 2. The Morgan fingerprint density at radius 2 is 2.00 bits per heavy atom. The van der Waals surface area contributed by atoms with Crippen molar-refractivity contribution in [2.75, 3.05) is 7.05 Å². The fourth-order valence-electron chi connectivity index (χ4n) is 2.51. The van der Waals surface area contributed by atoms with Crippen molar-refractivity contribution in [3.8, 4) is 5.75 Å². The van der Waals surface area contributed by atoms with Gasteiger partial charge in [-0.05, 0) is 31.0 Å². The first kappa shape index (κ1) is 13.2. The van der Waals surface area contributed by atoms with E-state index in [9.17, 15) is 9.90 Å². The van der Waals surface area contributed by atoms with Crippen LogP contribution >= 0.6 is 11.6 Å². The van der Waals surface area contributed by atoms with Crippen molar-refractivity contribution in [1.82, 2.24) is 4.90 Å². The maximum Gasteiger partial charge on any atom is 0.257 e. The molecule has 4 heteroatoms. The van der Waals surface area contributed by atoms with Crippen LogP contribution in [0.15, 0.2) is 18.2 Å². The molecule has 3 nitrogen and oxygen atoms in total. The van der Waals surface area contributed by atoms with E-state index in [1.165, 1.54) is 25.3 Å². The van der Waals surface area contributed by atoms with Gasteiger partial charge >= 0.3 is 0 Å².